The van der Waals surface area contributed by atoms with Gasteiger partial charge in [-0.2, -0.15) is 11.8 Å². The van der Waals surface area contributed by atoms with Crippen molar-refractivity contribution in [3.8, 4) is 0 Å². The van der Waals surface area contributed by atoms with Crippen LogP contribution in [-0.4, -0.2) is 47.6 Å². The van der Waals surface area contributed by atoms with Crippen molar-refractivity contribution in [3.63, 3.8) is 0 Å². The summed E-state index contributed by atoms with van der Waals surface area (Å²) in [6.07, 6.45) is 9.16. The third kappa shape index (κ3) is 3.97. The van der Waals surface area contributed by atoms with Crippen LogP contribution in [0.4, 0.5) is 0 Å². The summed E-state index contributed by atoms with van der Waals surface area (Å²) in [6, 6.07) is 1.49. The van der Waals surface area contributed by atoms with Gasteiger partial charge in [0, 0.05) is 36.5 Å². The molecule has 0 aromatic rings. The molecule has 2 unspecified atom stereocenters. The van der Waals surface area contributed by atoms with E-state index >= 15 is 0 Å². The Morgan fingerprint density at radius 2 is 1.71 bits per heavy atom. The smallest absolute Gasteiger partial charge is 0.0276 e. The van der Waals surface area contributed by atoms with Crippen LogP contribution in [0.15, 0.2) is 0 Å². The van der Waals surface area contributed by atoms with E-state index in [-0.39, 0.29) is 0 Å². The lowest BCUT2D eigenvalue weighted by atomic mass is 9.73. The predicted octanol–water partition coefficient (Wildman–Crippen LogP) is 4.01. The molecular weight excluding hydrogens is 276 g/mol. The quantitative estimate of drug-likeness (QED) is 0.765. The average molecular weight is 313 g/mol. The van der Waals surface area contributed by atoms with Gasteiger partial charge >= 0.3 is 0 Å². The van der Waals surface area contributed by atoms with Gasteiger partial charge in [-0.1, -0.05) is 20.3 Å². The molecule has 1 aliphatic heterocycles. The Kier molecular flexibility index (Phi) is 6.46. The summed E-state index contributed by atoms with van der Waals surface area (Å²) in [4.78, 5) is 2.72. The van der Waals surface area contributed by atoms with E-state index in [1.807, 2.05) is 0 Å². The average Bonchev–Trinajstić information content (AvgIpc) is 2.48. The van der Waals surface area contributed by atoms with Crippen molar-refractivity contribution in [2.75, 3.05) is 25.9 Å². The first-order chi connectivity index (χ1) is 10.0. The van der Waals surface area contributed by atoms with Crippen molar-refractivity contribution >= 4 is 11.8 Å². The van der Waals surface area contributed by atoms with Crippen LogP contribution in [0.25, 0.3) is 0 Å². The fraction of sp³-hybridized carbons (Fsp3) is 1.00. The lowest BCUT2D eigenvalue weighted by molar-refractivity contribution is 0.0287. The van der Waals surface area contributed by atoms with Crippen LogP contribution < -0.4 is 5.32 Å². The van der Waals surface area contributed by atoms with E-state index in [4.69, 9.17) is 0 Å². The molecule has 1 aliphatic carbocycles. The molecule has 124 valence electrons. The molecule has 2 atom stereocenters. The highest BCUT2D eigenvalue weighted by Gasteiger charge is 2.40. The lowest BCUT2D eigenvalue weighted by Gasteiger charge is -2.50. The fourth-order valence-electron chi connectivity index (χ4n) is 4.39. The molecule has 2 rings (SSSR count). The summed E-state index contributed by atoms with van der Waals surface area (Å²) in [5, 5.41) is 4.03. The minimum atomic E-state index is 0.448. The highest BCUT2D eigenvalue weighted by atomic mass is 32.2. The Labute approximate surface area is 136 Å². The van der Waals surface area contributed by atoms with Gasteiger partial charge in [0.2, 0.25) is 0 Å². The minimum Gasteiger partial charge on any atom is -0.312 e. The number of thioether (sulfide) groups is 1. The standard InChI is InChI=1S/C18H36N2S/c1-6-18(7-2,21-5)13-19-17-15-9-8-10-16(17)12-20(11-15)14(3)4/h14-17,19H,6-13H2,1-5H3. The molecule has 0 amide bonds. The molecule has 1 saturated heterocycles. The number of hydrogen-bond donors (Lipinski definition) is 1. The van der Waals surface area contributed by atoms with Gasteiger partial charge in [-0.05, 0) is 57.6 Å². The third-order valence-corrected chi connectivity index (χ3v) is 7.80. The van der Waals surface area contributed by atoms with Gasteiger partial charge in [-0.15, -0.1) is 0 Å². The van der Waals surface area contributed by atoms with Crippen LogP contribution >= 0.6 is 11.8 Å². The second-order valence-electron chi connectivity index (χ2n) is 7.50. The SMILES string of the molecule is CCC(CC)(CNC1C2CCCC1CN(C(C)C)C2)SC. The van der Waals surface area contributed by atoms with Crippen molar-refractivity contribution in [2.45, 2.75) is 76.6 Å². The van der Waals surface area contributed by atoms with Crippen molar-refractivity contribution in [2.24, 2.45) is 11.8 Å². The van der Waals surface area contributed by atoms with Crippen LogP contribution in [0, 0.1) is 11.8 Å². The Morgan fingerprint density at radius 3 is 2.14 bits per heavy atom. The number of likely N-dealkylation sites (tertiary alicyclic amines) is 1. The lowest BCUT2D eigenvalue weighted by Crippen LogP contribution is -2.59. The second-order valence-corrected chi connectivity index (χ2v) is 8.77. The molecular formula is C18H36N2S. The van der Waals surface area contributed by atoms with Gasteiger partial charge in [0.15, 0.2) is 0 Å². The van der Waals surface area contributed by atoms with E-state index in [1.165, 1.54) is 51.7 Å². The van der Waals surface area contributed by atoms with Crippen LogP contribution in [0.2, 0.25) is 0 Å². The number of piperidine rings is 1. The minimum absolute atomic E-state index is 0.448. The summed E-state index contributed by atoms with van der Waals surface area (Å²) in [7, 11) is 0. The number of hydrogen-bond acceptors (Lipinski definition) is 3. The van der Waals surface area contributed by atoms with E-state index in [1.54, 1.807) is 0 Å². The summed E-state index contributed by atoms with van der Waals surface area (Å²) in [5.74, 6) is 1.77. The van der Waals surface area contributed by atoms with Gasteiger partial charge in [-0.25, -0.2) is 0 Å². The van der Waals surface area contributed by atoms with Crippen LogP contribution in [0.3, 0.4) is 0 Å². The summed E-state index contributed by atoms with van der Waals surface area (Å²) >= 11 is 2.07. The Bertz CT molecular complexity index is 292. The number of nitrogens with zero attached hydrogens (tertiary/aromatic N) is 1. The van der Waals surface area contributed by atoms with Crippen molar-refractivity contribution in [1.82, 2.24) is 10.2 Å². The zero-order chi connectivity index (χ0) is 15.5. The normalized spacial score (nSPS) is 30.9. The maximum absolute atomic E-state index is 4.03. The van der Waals surface area contributed by atoms with Gasteiger partial charge in [0.1, 0.15) is 0 Å². The molecule has 2 bridgehead atoms. The highest BCUT2D eigenvalue weighted by molar-refractivity contribution is 8.00. The second kappa shape index (κ2) is 7.70. The topological polar surface area (TPSA) is 15.3 Å². The molecule has 0 aromatic heterocycles. The predicted molar refractivity (Wildman–Crippen MR) is 96.2 cm³/mol. The molecule has 21 heavy (non-hydrogen) atoms. The highest BCUT2D eigenvalue weighted by Crippen LogP contribution is 2.37. The maximum Gasteiger partial charge on any atom is 0.0276 e. The van der Waals surface area contributed by atoms with E-state index < -0.39 is 0 Å². The van der Waals surface area contributed by atoms with Crippen LogP contribution in [0.5, 0.6) is 0 Å². The molecule has 2 nitrogen and oxygen atoms in total. The van der Waals surface area contributed by atoms with E-state index in [0.717, 1.165) is 17.9 Å². The monoisotopic (exact) mass is 312 g/mol. The van der Waals surface area contributed by atoms with Gasteiger partial charge in [0.25, 0.3) is 0 Å². The van der Waals surface area contributed by atoms with Crippen LogP contribution in [-0.2, 0) is 0 Å². The van der Waals surface area contributed by atoms with Crippen LogP contribution in [0.1, 0.15) is 59.8 Å². The zero-order valence-electron chi connectivity index (χ0n) is 14.8. The Balaban J connectivity index is 1.97. The summed E-state index contributed by atoms with van der Waals surface area (Å²) in [5.41, 5.74) is 0. The van der Waals surface area contributed by atoms with Crippen molar-refractivity contribution < 1.29 is 0 Å². The Hall–Kier alpha value is 0.270. The first-order valence-electron chi connectivity index (χ1n) is 9.07. The molecule has 2 fully saturated rings. The van der Waals surface area contributed by atoms with E-state index in [9.17, 15) is 0 Å². The van der Waals surface area contributed by atoms with Gasteiger partial charge < -0.3 is 10.2 Å². The third-order valence-electron chi connectivity index (χ3n) is 6.22. The summed E-state index contributed by atoms with van der Waals surface area (Å²) in [6.45, 7) is 13.2. The molecule has 1 N–H and O–H groups in total. The molecule has 1 heterocycles. The molecule has 0 spiro atoms. The molecule has 0 radical (unpaired) electrons. The molecule has 1 saturated carbocycles. The van der Waals surface area contributed by atoms with Gasteiger partial charge in [0.05, 0.1) is 0 Å². The first-order valence-corrected chi connectivity index (χ1v) is 10.3. The van der Waals surface area contributed by atoms with E-state index in [2.05, 4.69) is 55.9 Å². The van der Waals surface area contributed by atoms with Crippen molar-refractivity contribution in [3.05, 3.63) is 0 Å². The fourth-order valence-corrected chi connectivity index (χ4v) is 5.20. The maximum atomic E-state index is 4.03. The first kappa shape index (κ1) is 17.6. The molecule has 2 aliphatic rings. The molecule has 3 heteroatoms. The van der Waals surface area contributed by atoms with Gasteiger partial charge in [-0.3, -0.25) is 0 Å². The number of fused-ring (bicyclic) bond motifs is 2. The number of nitrogens with one attached hydrogen (secondary N) is 1. The summed E-state index contributed by atoms with van der Waals surface area (Å²) < 4.78 is 0.448. The Morgan fingerprint density at radius 1 is 1.14 bits per heavy atom. The van der Waals surface area contributed by atoms with Crippen molar-refractivity contribution in [1.29, 1.82) is 0 Å². The van der Waals surface area contributed by atoms with E-state index in [0.29, 0.717) is 10.8 Å². The largest absolute Gasteiger partial charge is 0.312 e. The molecule has 0 aromatic carbocycles. The zero-order valence-corrected chi connectivity index (χ0v) is 15.6. The number of rotatable bonds is 7.